The van der Waals surface area contributed by atoms with Gasteiger partial charge < -0.3 is 10.1 Å². The standard InChI is InChI=1S/C17H17NO2/c1-12-2-5-14(6-3-12)17(19)18-11-13-4-7-16-15(10-13)8-9-20-16/h2-7,10H,8-9,11H2,1H3,(H,18,19). The molecule has 0 aromatic heterocycles. The number of benzene rings is 2. The Morgan fingerprint density at radius 1 is 1.20 bits per heavy atom. The lowest BCUT2D eigenvalue weighted by Gasteiger charge is -2.07. The van der Waals surface area contributed by atoms with Crippen molar-refractivity contribution in [2.45, 2.75) is 19.9 Å². The Kier molecular flexibility index (Phi) is 3.42. The third kappa shape index (κ3) is 2.67. The van der Waals surface area contributed by atoms with Gasteiger partial charge in [0.15, 0.2) is 0 Å². The van der Waals surface area contributed by atoms with Crippen LogP contribution < -0.4 is 10.1 Å². The molecule has 1 amide bonds. The maximum absolute atomic E-state index is 12.0. The van der Waals surface area contributed by atoms with E-state index in [2.05, 4.69) is 11.4 Å². The molecule has 0 unspecified atom stereocenters. The van der Waals surface area contributed by atoms with Crippen LogP contribution in [0.1, 0.15) is 27.0 Å². The van der Waals surface area contributed by atoms with Crippen molar-refractivity contribution in [3.8, 4) is 5.75 Å². The number of aryl methyl sites for hydroxylation is 1. The fourth-order valence-electron chi connectivity index (χ4n) is 2.34. The Hall–Kier alpha value is -2.29. The molecule has 0 bridgehead atoms. The van der Waals surface area contributed by atoms with Gasteiger partial charge in [0.2, 0.25) is 0 Å². The molecule has 0 saturated carbocycles. The Balaban J connectivity index is 1.64. The summed E-state index contributed by atoms with van der Waals surface area (Å²) in [5, 5.41) is 2.95. The smallest absolute Gasteiger partial charge is 0.251 e. The molecule has 0 radical (unpaired) electrons. The van der Waals surface area contributed by atoms with Crippen LogP contribution in [0.2, 0.25) is 0 Å². The second-order valence-corrected chi connectivity index (χ2v) is 5.09. The highest BCUT2D eigenvalue weighted by Crippen LogP contribution is 2.25. The van der Waals surface area contributed by atoms with Crippen molar-refractivity contribution in [2.75, 3.05) is 6.61 Å². The van der Waals surface area contributed by atoms with E-state index in [1.54, 1.807) is 0 Å². The minimum Gasteiger partial charge on any atom is -0.493 e. The monoisotopic (exact) mass is 267 g/mol. The molecule has 2 aromatic rings. The van der Waals surface area contributed by atoms with Crippen LogP contribution in [0.3, 0.4) is 0 Å². The Morgan fingerprint density at radius 2 is 2.00 bits per heavy atom. The van der Waals surface area contributed by atoms with E-state index in [0.717, 1.165) is 29.9 Å². The maximum atomic E-state index is 12.0. The number of hydrogen-bond acceptors (Lipinski definition) is 2. The minimum absolute atomic E-state index is 0.0400. The normalized spacial score (nSPS) is 12.7. The summed E-state index contributed by atoms with van der Waals surface area (Å²) in [5.74, 6) is 0.931. The lowest BCUT2D eigenvalue weighted by atomic mass is 10.1. The Morgan fingerprint density at radius 3 is 2.80 bits per heavy atom. The van der Waals surface area contributed by atoms with Crippen molar-refractivity contribution in [1.29, 1.82) is 0 Å². The van der Waals surface area contributed by atoms with Crippen LogP contribution in [-0.4, -0.2) is 12.5 Å². The van der Waals surface area contributed by atoms with Crippen molar-refractivity contribution in [3.63, 3.8) is 0 Å². The van der Waals surface area contributed by atoms with Crippen molar-refractivity contribution in [2.24, 2.45) is 0 Å². The van der Waals surface area contributed by atoms with Gasteiger partial charge in [-0.2, -0.15) is 0 Å². The fourth-order valence-corrected chi connectivity index (χ4v) is 2.34. The van der Waals surface area contributed by atoms with Gasteiger partial charge in [0, 0.05) is 18.5 Å². The first kappa shape index (κ1) is 12.7. The zero-order valence-electron chi connectivity index (χ0n) is 11.5. The van der Waals surface area contributed by atoms with Crippen LogP contribution in [0, 0.1) is 6.92 Å². The molecule has 2 aromatic carbocycles. The van der Waals surface area contributed by atoms with Crippen molar-refractivity contribution < 1.29 is 9.53 Å². The molecule has 1 heterocycles. The van der Waals surface area contributed by atoms with E-state index in [4.69, 9.17) is 4.74 Å². The summed E-state index contributed by atoms with van der Waals surface area (Å²) < 4.78 is 5.47. The van der Waals surface area contributed by atoms with E-state index in [-0.39, 0.29) is 5.91 Å². The number of amides is 1. The minimum atomic E-state index is -0.0400. The second kappa shape index (κ2) is 5.37. The molecule has 3 nitrogen and oxygen atoms in total. The van der Waals surface area contributed by atoms with E-state index in [1.807, 2.05) is 43.3 Å². The number of hydrogen-bond donors (Lipinski definition) is 1. The summed E-state index contributed by atoms with van der Waals surface area (Å²) in [6.45, 7) is 3.31. The molecule has 1 N–H and O–H groups in total. The van der Waals surface area contributed by atoms with Gasteiger partial charge in [0.1, 0.15) is 5.75 Å². The number of ether oxygens (including phenoxy) is 1. The highest BCUT2D eigenvalue weighted by Gasteiger charge is 2.12. The predicted octanol–water partition coefficient (Wildman–Crippen LogP) is 2.86. The summed E-state index contributed by atoms with van der Waals surface area (Å²) in [6, 6.07) is 13.7. The van der Waals surface area contributed by atoms with Crippen LogP contribution in [-0.2, 0) is 13.0 Å². The topological polar surface area (TPSA) is 38.3 Å². The highest BCUT2D eigenvalue weighted by molar-refractivity contribution is 5.94. The van der Waals surface area contributed by atoms with Crippen molar-refractivity contribution in [1.82, 2.24) is 5.32 Å². The second-order valence-electron chi connectivity index (χ2n) is 5.09. The van der Waals surface area contributed by atoms with Crippen LogP contribution in [0.5, 0.6) is 5.75 Å². The van der Waals surface area contributed by atoms with Gasteiger partial charge in [0.25, 0.3) is 5.91 Å². The first-order valence-corrected chi connectivity index (χ1v) is 6.82. The van der Waals surface area contributed by atoms with Gasteiger partial charge >= 0.3 is 0 Å². The summed E-state index contributed by atoms with van der Waals surface area (Å²) in [5.41, 5.74) is 4.18. The largest absolute Gasteiger partial charge is 0.493 e. The van der Waals surface area contributed by atoms with Crippen LogP contribution >= 0.6 is 0 Å². The molecular formula is C17H17NO2. The summed E-state index contributed by atoms with van der Waals surface area (Å²) >= 11 is 0. The van der Waals surface area contributed by atoms with E-state index in [0.29, 0.717) is 12.1 Å². The molecule has 0 spiro atoms. The van der Waals surface area contributed by atoms with E-state index in [9.17, 15) is 4.79 Å². The van der Waals surface area contributed by atoms with Crippen LogP contribution in [0.15, 0.2) is 42.5 Å². The third-order valence-electron chi connectivity index (χ3n) is 3.52. The first-order valence-electron chi connectivity index (χ1n) is 6.82. The number of carbonyl (C=O) groups excluding carboxylic acids is 1. The first-order chi connectivity index (χ1) is 9.72. The molecule has 0 saturated heterocycles. The number of nitrogens with one attached hydrogen (secondary N) is 1. The SMILES string of the molecule is Cc1ccc(C(=O)NCc2ccc3c(c2)CCO3)cc1. The summed E-state index contributed by atoms with van der Waals surface area (Å²) in [7, 11) is 0. The fraction of sp³-hybridized carbons (Fsp3) is 0.235. The molecule has 0 aliphatic carbocycles. The van der Waals surface area contributed by atoms with Crippen molar-refractivity contribution >= 4 is 5.91 Å². The van der Waals surface area contributed by atoms with E-state index >= 15 is 0 Å². The molecule has 3 heteroatoms. The molecule has 0 fully saturated rings. The molecule has 3 rings (SSSR count). The van der Waals surface area contributed by atoms with E-state index in [1.165, 1.54) is 5.56 Å². The maximum Gasteiger partial charge on any atom is 0.251 e. The molecule has 20 heavy (non-hydrogen) atoms. The van der Waals surface area contributed by atoms with Crippen LogP contribution in [0.25, 0.3) is 0 Å². The van der Waals surface area contributed by atoms with Gasteiger partial charge in [-0.05, 0) is 36.2 Å². The van der Waals surface area contributed by atoms with Gasteiger partial charge in [-0.1, -0.05) is 29.8 Å². The molecular weight excluding hydrogens is 250 g/mol. The quantitative estimate of drug-likeness (QED) is 0.928. The average molecular weight is 267 g/mol. The third-order valence-corrected chi connectivity index (χ3v) is 3.52. The van der Waals surface area contributed by atoms with Crippen LogP contribution in [0.4, 0.5) is 0 Å². The number of carbonyl (C=O) groups is 1. The van der Waals surface area contributed by atoms with Gasteiger partial charge in [-0.25, -0.2) is 0 Å². The number of fused-ring (bicyclic) bond motifs is 1. The summed E-state index contributed by atoms with van der Waals surface area (Å²) in [6.07, 6.45) is 0.953. The molecule has 1 aliphatic heterocycles. The van der Waals surface area contributed by atoms with Gasteiger partial charge in [-0.3, -0.25) is 4.79 Å². The van der Waals surface area contributed by atoms with Gasteiger partial charge in [0.05, 0.1) is 6.61 Å². The number of rotatable bonds is 3. The Bertz CT molecular complexity index is 632. The molecule has 1 aliphatic rings. The molecule has 102 valence electrons. The highest BCUT2D eigenvalue weighted by atomic mass is 16.5. The average Bonchev–Trinajstić information content (AvgIpc) is 2.93. The zero-order chi connectivity index (χ0) is 13.9. The summed E-state index contributed by atoms with van der Waals surface area (Å²) in [4.78, 5) is 12.0. The lowest BCUT2D eigenvalue weighted by molar-refractivity contribution is 0.0951. The Labute approximate surface area is 118 Å². The lowest BCUT2D eigenvalue weighted by Crippen LogP contribution is -2.22. The zero-order valence-corrected chi connectivity index (χ0v) is 11.5. The predicted molar refractivity (Wildman–Crippen MR) is 78.0 cm³/mol. The van der Waals surface area contributed by atoms with E-state index < -0.39 is 0 Å². The molecule has 0 atom stereocenters. The van der Waals surface area contributed by atoms with Gasteiger partial charge in [-0.15, -0.1) is 0 Å². The van der Waals surface area contributed by atoms with Crippen molar-refractivity contribution in [3.05, 3.63) is 64.7 Å².